The Bertz CT molecular complexity index is 882. The molecule has 0 saturated heterocycles. The third-order valence-electron chi connectivity index (χ3n) is 4.89. The van der Waals surface area contributed by atoms with Gasteiger partial charge in [-0.2, -0.15) is 0 Å². The summed E-state index contributed by atoms with van der Waals surface area (Å²) in [4.78, 5) is 2.21. The number of halogens is 1. The molecule has 2 rings (SSSR count). The van der Waals surface area contributed by atoms with Gasteiger partial charge in [-0.1, -0.05) is 18.2 Å². The van der Waals surface area contributed by atoms with E-state index in [-0.39, 0.29) is 18.4 Å². The van der Waals surface area contributed by atoms with Crippen molar-refractivity contribution in [2.24, 2.45) is 0 Å². The molecule has 0 aliphatic heterocycles. The van der Waals surface area contributed by atoms with Gasteiger partial charge in [0.15, 0.2) is 0 Å². The maximum atomic E-state index is 13.6. The van der Waals surface area contributed by atoms with Crippen molar-refractivity contribution < 1.29 is 12.8 Å². The topological polar surface area (TPSA) is 49.4 Å². The zero-order chi connectivity index (χ0) is 19.6. The number of nitrogens with zero attached hydrogens (tertiary/aromatic N) is 1. The van der Waals surface area contributed by atoms with Crippen molar-refractivity contribution in [1.29, 1.82) is 0 Å². The second kappa shape index (κ2) is 7.86. The second-order valence-electron chi connectivity index (χ2n) is 6.98. The fourth-order valence-corrected chi connectivity index (χ4v) is 4.81. The fraction of sp³-hybridized carbons (Fsp3) is 0.400. The first-order chi connectivity index (χ1) is 12.0. The van der Waals surface area contributed by atoms with E-state index < -0.39 is 10.0 Å². The Morgan fingerprint density at radius 2 is 1.62 bits per heavy atom. The first kappa shape index (κ1) is 20.6. The zero-order valence-electron chi connectivity index (χ0n) is 16.2. The lowest BCUT2D eigenvalue weighted by Gasteiger charge is -2.26. The molecule has 0 saturated carbocycles. The lowest BCUT2D eigenvalue weighted by molar-refractivity contribution is 0.298. The highest BCUT2D eigenvalue weighted by Crippen LogP contribution is 2.26. The largest absolute Gasteiger partial charge is 0.301 e. The maximum Gasteiger partial charge on any atom is 0.241 e. The Morgan fingerprint density at radius 3 is 2.12 bits per heavy atom. The highest BCUT2D eigenvalue weighted by Gasteiger charge is 2.24. The number of hydrogen-bond acceptors (Lipinski definition) is 3. The van der Waals surface area contributed by atoms with Gasteiger partial charge in [0.1, 0.15) is 5.82 Å². The average Bonchev–Trinajstić information content (AvgIpc) is 2.53. The van der Waals surface area contributed by atoms with E-state index in [9.17, 15) is 12.8 Å². The summed E-state index contributed by atoms with van der Waals surface area (Å²) in [7, 11) is 0.00511. The summed E-state index contributed by atoms with van der Waals surface area (Å²) in [6, 6.07) is 7.98. The third-order valence-corrected chi connectivity index (χ3v) is 6.59. The van der Waals surface area contributed by atoms with E-state index in [1.165, 1.54) is 12.1 Å². The fourth-order valence-electron chi connectivity index (χ4n) is 3.16. The smallest absolute Gasteiger partial charge is 0.241 e. The monoisotopic (exact) mass is 378 g/mol. The summed E-state index contributed by atoms with van der Waals surface area (Å²) in [5, 5.41) is 0. The van der Waals surface area contributed by atoms with Crippen molar-refractivity contribution in [2.75, 3.05) is 20.6 Å². The van der Waals surface area contributed by atoms with Gasteiger partial charge in [0.05, 0.1) is 4.90 Å². The minimum Gasteiger partial charge on any atom is -0.301 e. The van der Waals surface area contributed by atoms with Gasteiger partial charge in [-0.05, 0) is 81.7 Å². The van der Waals surface area contributed by atoms with Crippen LogP contribution in [0.25, 0.3) is 0 Å². The number of benzene rings is 2. The van der Waals surface area contributed by atoms with E-state index >= 15 is 0 Å². The summed E-state index contributed by atoms with van der Waals surface area (Å²) in [5.74, 6) is -0.335. The van der Waals surface area contributed by atoms with Crippen LogP contribution >= 0.6 is 0 Å². The Hall–Kier alpha value is -1.76. The van der Waals surface area contributed by atoms with E-state index in [0.717, 1.165) is 27.8 Å². The molecule has 0 bridgehead atoms. The van der Waals surface area contributed by atoms with Crippen LogP contribution in [0.4, 0.5) is 4.39 Å². The van der Waals surface area contributed by atoms with Crippen LogP contribution in [0, 0.1) is 33.5 Å². The molecule has 0 heterocycles. The lowest BCUT2D eigenvalue weighted by atomic mass is 10.0. The van der Waals surface area contributed by atoms with E-state index in [2.05, 4.69) is 4.72 Å². The molecule has 1 unspecified atom stereocenters. The Labute approximate surface area is 156 Å². The molecule has 0 amide bonds. The van der Waals surface area contributed by atoms with E-state index in [1.807, 2.05) is 52.8 Å². The van der Waals surface area contributed by atoms with Crippen LogP contribution < -0.4 is 4.72 Å². The van der Waals surface area contributed by atoms with Gasteiger partial charge in [0, 0.05) is 12.6 Å². The number of likely N-dealkylation sites (N-methyl/N-ethyl adjacent to an activating group) is 1. The first-order valence-electron chi connectivity index (χ1n) is 8.53. The molecule has 0 radical (unpaired) electrons. The van der Waals surface area contributed by atoms with Crippen molar-refractivity contribution >= 4 is 10.0 Å². The van der Waals surface area contributed by atoms with Crippen molar-refractivity contribution in [3.05, 3.63) is 64.0 Å². The number of rotatable bonds is 6. The SMILES string of the molecule is Cc1cc(C)c(C)c(S(=O)(=O)NCC(c2cccc(F)c2)N(C)C)c1C. The van der Waals surface area contributed by atoms with Gasteiger partial charge in [-0.15, -0.1) is 0 Å². The molecule has 2 aromatic carbocycles. The molecule has 0 aromatic heterocycles. The van der Waals surface area contributed by atoms with Crippen LogP contribution in [-0.2, 0) is 10.0 Å². The van der Waals surface area contributed by atoms with Crippen LogP contribution in [-0.4, -0.2) is 34.0 Å². The lowest BCUT2D eigenvalue weighted by Crippen LogP contribution is -2.35. The highest BCUT2D eigenvalue weighted by atomic mass is 32.2. The van der Waals surface area contributed by atoms with Gasteiger partial charge < -0.3 is 4.90 Å². The molecular formula is C20H27FN2O2S. The van der Waals surface area contributed by atoms with Crippen molar-refractivity contribution in [3.63, 3.8) is 0 Å². The van der Waals surface area contributed by atoms with E-state index in [4.69, 9.17) is 0 Å². The van der Waals surface area contributed by atoms with Crippen LogP contribution in [0.15, 0.2) is 35.2 Å². The average molecular weight is 379 g/mol. The summed E-state index contributed by atoms with van der Waals surface area (Å²) >= 11 is 0. The molecule has 0 aliphatic carbocycles. The maximum absolute atomic E-state index is 13.6. The Kier molecular flexibility index (Phi) is 6.21. The van der Waals surface area contributed by atoms with Gasteiger partial charge >= 0.3 is 0 Å². The Balaban J connectivity index is 2.35. The minimum absolute atomic E-state index is 0.157. The second-order valence-corrected chi connectivity index (χ2v) is 8.68. The predicted octanol–water partition coefficient (Wildman–Crippen LogP) is 3.64. The van der Waals surface area contributed by atoms with Crippen LogP contribution in [0.3, 0.4) is 0 Å². The summed E-state index contributed by atoms with van der Waals surface area (Å²) in [6.07, 6.45) is 0. The van der Waals surface area contributed by atoms with Gasteiger partial charge in [-0.3, -0.25) is 0 Å². The summed E-state index contributed by atoms with van der Waals surface area (Å²) in [6.45, 7) is 7.63. The third kappa shape index (κ3) is 4.31. The minimum atomic E-state index is -3.68. The van der Waals surface area contributed by atoms with Crippen molar-refractivity contribution in [2.45, 2.75) is 38.6 Å². The first-order valence-corrected chi connectivity index (χ1v) is 10.0. The van der Waals surface area contributed by atoms with Gasteiger partial charge in [0.2, 0.25) is 10.0 Å². The quantitative estimate of drug-likeness (QED) is 0.835. The molecule has 0 fully saturated rings. The highest BCUT2D eigenvalue weighted by molar-refractivity contribution is 7.89. The van der Waals surface area contributed by atoms with Crippen molar-refractivity contribution in [1.82, 2.24) is 9.62 Å². The number of sulfonamides is 1. The molecule has 6 heteroatoms. The molecule has 0 spiro atoms. The van der Waals surface area contributed by atoms with Gasteiger partial charge in [-0.25, -0.2) is 17.5 Å². The van der Waals surface area contributed by atoms with Crippen molar-refractivity contribution in [3.8, 4) is 0 Å². The Morgan fingerprint density at radius 1 is 1.04 bits per heavy atom. The molecule has 2 aromatic rings. The molecule has 1 N–H and O–H groups in total. The van der Waals surface area contributed by atoms with Gasteiger partial charge in [0.25, 0.3) is 0 Å². The summed E-state index contributed by atoms with van der Waals surface area (Å²) < 4.78 is 42.3. The summed E-state index contributed by atoms with van der Waals surface area (Å²) in [5.41, 5.74) is 4.14. The molecular weight excluding hydrogens is 351 g/mol. The van der Waals surface area contributed by atoms with E-state index in [1.54, 1.807) is 12.1 Å². The molecule has 0 aliphatic rings. The normalized spacial score (nSPS) is 13.2. The van der Waals surface area contributed by atoms with Crippen LogP contribution in [0.2, 0.25) is 0 Å². The molecule has 4 nitrogen and oxygen atoms in total. The zero-order valence-corrected chi connectivity index (χ0v) is 17.0. The number of aryl methyl sites for hydroxylation is 2. The predicted molar refractivity (Wildman–Crippen MR) is 103 cm³/mol. The number of nitrogens with one attached hydrogen (secondary N) is 1. The molecule has 142 valence electrons. The standard InChI is InChI=1S/C20H27FN2O2S/c1-13-10-14(2)16(4)20(15(13)3)26(24,25)22-12-19(23(5)6)17-8-7-9-18(21)11-17/h7-11,19,22H,12H2,1-6H3. The molecule has 1 atom stereocenters. The van der Waals surface area contributed by atoms with E-state index in [0.29, 0.717) is 4.90 Å². The van der Waals surface area contributed by atoms with Crippen LogP contribution in [0.5, 0.6) is 0 Å². The molecule has 26 heavy (non-hydrogen) atoms. The number of hydrogen-bond donors (Lipinski definition) is 1. The van der Waals surface area contributed by atoms with Crippen LogP contribution in [0.1, 0.15) is 33.9 Å².